The average molecular weight is 477 g/mol. The van der Waals surface area contributed by atoms with Crippen molar-refractivity contribution in [3.8, 4) is 0 Å². The number of hydrogen-bond donors (Lipinski definition) is 1. The van der Waals surface area contributed by atoms with Gasteiger partial charge in [-0.05, 0) is 44.7 Å². The molecule has 33 heavy (non-hydrogen) atoms. The van der Waals surface area contributed by atoms with Gasteiger partial charge in [-0.25, -0.2) is 13.2 Å². The summed E-state index contributed by atoms with van der Waals surface area (Å²) in [7, 11) is -1.04. The van der Waals surface area contributed by atoms with Gasteiger partial charge in [0.15, 0.2) is 9.84 Å². The Morgan fingerprint density at radius 2 is 1.70 bits per heavy atom. The SMILES string of the molecule is CCCN1C(=O)N(CC(=O)N2CCS(=O)(=O)CC2)C[C@]12CC[C@](NC)(c1ccccc1)CC2. The molecule has 0 radical (unpaired) electrons. The van der Waals surface area contributed by atoms with Gasteiger partial charge in [-0.2, -0.15) is 0 Å². The summed E-state index contributed by atoms with van der Waals surface area (Å²) in [6.07, 6.45) is 4.47. The fourth-order valence-electron chi connectivity index (χ4n) is 5.80. The summed E-state index contributed by atoms with van der Waals surface area (Å²) in [5.41, 5.74) is 0.921. The molecule has 3 amide bonds. The monoisotopic (exact) mass is 476 g/mol. The first-order chi connectivity index (χ1) is 15.7. The van der Waals surface area contributed by atoms with Crippen molar-refractivity contribution in [3.63, 3.8) is 0 Å². The lowest BCUT2D eigenvalue weighted by atomic mass is 9.69. The van der Waals surface area contributed by atoms with Gasteiger partial charge in [0.05, 0.1) is 17.0 Å². The Balaban J connectivity index is 1.47. The van der Waals surface area contributed by atoms with Gasteiger partial charge in [-0.3, -0.25) is 4.79 Å². The maximum Gasteiger partial charge on any atom is 0.321 e. The van der Waals surface area contributed by atoms with Crippen LogP contribution in [0.25, 0.3) is 0 Å². The van der Waals surface area contributed by atoms with Crippen molar-refractivity contribution in [2.75, 3.05) is 51.3 Å². The van der Waals surface area contributed by atoms with E-state index < -0.39 is 9.84 Å². The van der Waals surface area contributed by atoms with E-state index in [1.54, 1.807) is 9.80 Å². The van der Waals surface area contributed by atoms with Gasteiger partial charge >= 0.3 is 6.03 Å². The molecule has 182 valence electrons. The lowest BCUT2D eigenvalue weighted by Crippen LogP contribution is -2.55. The molecule has 1 aromatic carbocycles. The topological polar surface area (TPSA) is 90.0 Å². The van der Waals surface area contributed by atoms with Crippen molar-refractivity contribution >= 4 is 21.8 Å². The predicted octanol–water partition coefficient (Wildman–Crippen LogP) is 1.82. The van der Waals surface area contributed by atoms with Crippen LogP contribution in [0.15, 0.2) is 30.3 Å². The maximum absolute atomic E-state index is 13.4. The van der Waals surface area contributed by atoms with Crippen LogP contribution in [0.3, 0.4) is 0 Å². The van der Waals surface area contributed by atoms with Crippen LogP contribution in [0.4, 0.5) is 4.79 Å². The molecule has 1 aromatic rings. The number of carbonyl (C=O) groups is 2. The summed E-state index contributed by atoms with van der Waals surface area (Å²) >= 11 is 0. The van der Waals surface area contributed by atoms with E-state index in [1.165, 1.54) is 5.56 Å². The molecule has 2 saturated heterocycles. The highest BCUT2D eigenvalue weighted by Crippen LogP contribution is 2.46. The van der Waals surface area contributed by atoms with Gasteiger partial charge in [0.25, 0.3) is 0 Å². The highest BCUT2D eigenvalue weighted by Gasteiger charge is 2.53. The molecule has 9 heteroatoms. The quantitative estimate of drug-likeness (QED) is 0.677. The Hall–Kier alpha value is -2.13. The van der Waals surface area contributed by atoms with Crippen LogP contribution in [-0.2, 0) is 20.2 Å². The third kappa shape index (κ3) is 4.62. The first-order valence-electron chi connectivity index (χ1n) is 12.0. The summed E-state index contributed by atoms with van der Waals surface area (Å²) in [4.78, 5) is 31.5. The summed E-state index contributed by atoms with van der Waals surface area (Å²) in [5, 5.41) is 3.56. The lowest BCUT2D eigenvalue weighted by Gasteiger charge is -2.48. The molecule has 0 atom stereocenters. The number of urea groups is 1. The van der Waals surface area contributed by atoms with Crippen molar-refractivity contribution in [1.29, 1.82) is 0 Å². The van der Waals surface area contributed by atoms with Gasteiger partial charge in [-0.1, -0.05) is 37.3 Å². The molecule has 3 aliphatic rings. The van der Waals surface area contributed by atoms with Crippen LogP contribution in [0, 0.1) is 0 Å². The zero-order valence-electron chi connectivity index (χ0n) is 19.8. The molecule has 8 nitrogen and oxygen atoms in total. The first kappa shape index (κ1) is 24.0. The van der Waals surface area contributed by atoms with Gasteiger partial charge in [-0.15, -0.1) is 0 Å². The number of amides is 3. The van der Waals surface area contributed by atoms with Crippen LogP contribution in [0.5, 0.6) is 0 Å². The van der Waals surface area contributed by atoms with E-state index in [0.29, 0.717) is 13.1 Å². The molecule has 1 aliphatic carbocycles. The lowest BCUT2D eigenvalue weighted by molar-refractivity contribution is -0.131. The summed E-state index contributed by atoms with van der Waals surface area (Å²) in [6.45, 7) is 3.77. The molecule has 4 rings (SSSR count). The Bertz CT molecular complexity index is 959. The molecule has 2 heterocycles. The molecule has 1 saturated carbocycles. The van der Waals surface area contributed by atoms with E-state index >= 15 is 0 Å². The standard InChI is InChI=1S/C24H36N4O4S/c1-3-13-28-22(30)27(18-21(29)26-14-16-33(31,32)17-15-26)19-23(28)9-11-24(25-2,12-10-23)20-7-5-4-6-8-20/h4-8,25H,3,9-19H2,1-2H3/t23-,24-. The number of benzene rings is 1. The van der Waals surface area contributed by atoms with E-state index in [1.807, 2.05) is 18.0 Å². The third-order valence-electron chi connectivity index (χ3n) is 7.87. The molecule has 1 N–H and O–H groups in total. The van der Waals surface area contributed by atoms with Crippen LogP contribution in [0.1, 0.15) is 44.6 Å². The van der Waals surface area contributed by atoms with Crippen LogP contribution in [-0.4, -0.2) is 91.9 Å². The number of sulfone groups is 1. The smallest absolute Gasteiger partial charge is 0.321 e. The summed E-state index contributed by atoms with van der Waals surface area (Å²) in [6, 6.07) is 10.4. The number of nitrogens with one attached hydrogen (secondary N) is 1. The molecule has 2 aliphatic heterocycles. The maximum atomic E-state index is 13.4. The van der Waals surface area contributed by atoms with Crippen molar-refractivity contribution < 1.29 is 18.0 Å². The largest absolute Gasteiger partial charge is 0.339 e. The van der Waals surface area contributed by atoms with Crippen LogP contribution < -0.4 is 5.32 Å². The van der Waals surface area contributed by atoms with E-state index in [2.05, 4.69) is 36.5 Å². The number of carbonyl (C=O) groups excluding carboxylic acids is 2. The molecule has 0 unspecified atom stereocenters. The Labute approximate surface area is 197 Å². The Morgan fingerprint density at radius 3 is 2.27 bits per heavy atom. The molecule has 1 spiro atoms. The van der Waals surface area contributed by atoms with Crippen molar-refractivity contribution in [2.24, 2.45) is 0 Å². The molecular formula is C24H36N4O4S. The number of hydrogen-bond acceptors (Lipinski definition) is 5. The normalized spacial score (nSPS) is 29.6. The second kappa shape index (κ2) is 9.25. The minimum absolute atomic E-state index is 0.00414. The van der Waals surface area contributed by atoms with Gasteiger partial charge in [0, 0.05) is 31.7 Å². The highest BCUT2D eigenvalue weighted by atomic mass is 32.2. The van der Waals surface area contributed by atoms with Gasteiger partial charge < -0.3 is 20.0 Å². The van der Waals surface area contributed by atoms with E-state index in [0.717, 1.165) is 32.1 Å². The van der Waals surface area contributed by atoms with E-state index in [-0.39, 0.29) is 54.2 Å². The van der Waals surface area contributed by atoms with Crippen molar-refractivity contribution in [1.82, 2.24) is 20.0 Å². The molecule has 0 bridgehead atoms. The molecule has 3 fully saturated rings. The van der Waals surface area contributed by atoms with Gasteiger partial charge in [0.1, 0.15) is 6.54 Å². The molecule has 0 aromatic heterocycles. The van der Waals surface area contributed by atoms with E-state index in [9.17, 15) is 18.0 Å². The van der Waals surface area contributed by atoms with Crippen molar-refractivity contribution in [2.45, 2.75) is 50.1 Å². The summed E-state index contributed by atoms with van der Waals surface area (Å²) < 4.78 is 23.4. The Kier molecular flexibility index (Phi) is 6.73. The van der Waals surface area contributed by atoms with E-state index in [4.69, 9.17) is 0 Å². The number of rotatable bonds is 6. The minimum Gasteiger partial charge on any atom is -0.339 e. The average Bonchev–Trinajstić information content (AvgIpc) is 3.06. The fraction of sp³-hybridized carbons (Fsp3) is 0.667. The summed E-state index contributed by atoms with van der Waals surface area (Å²) in [5.74, 6) is -0.148. The highest BCUT2D eigenvalue weighted by molar-refractivity contribution is 7.91. The van der Waals surface area contributed by atoms with Gasteiger partial charge in [0.2, 0.25) is 5.91 Å². The second-order valence-electron chi connectivity index (χ2n) is 9.75. The Morgan fingerprint density at radius 1 is 1.06 bits per heavy atom. The zero-order chi connectivity index (χ0) is 23.7. The minimum atomic E-state index is -3.05. The van der Waals surface area contributed by atoms with Crippen molar-refractivity contribution in [3.05, 3.63) is 35.9 Å². The molecular weight excluding hydrogens is 440 g/mol. The number of nitrogens with zero attached hydrogens (tertiary/aromatic N) is 3. The van der Waals surface area contributed by atoms with Crippen LogP contribution >= 0.6 is 0 Å². The fourth-order valence-corrected chi connectivity index (χ4v) is 7.00. The second-order valence-corrected chi connectivity index (χ2v) is 12.0. The van der Waals surface area contributed by atoms with Crippen LogP contribution in [0.2, 0.25) is 0 Å². The third-order valence-corrected chi connectivity index (χ3v) is 9.48. The first-order valence-corrected chi connectivity index (χ1v) is 13.9. The predicted molar refractivity (Wildman–Crippen MR) is 128 cm³/mol. The zero-order valence-corrected chi connectivity index (χ0v) is 20.6.